The topological polar surface area (TPSA) is 144 Å². The maximum Gasteiger partial charge on any atom is 0.330 e. The number of carbonyl (C=O) groups excluding carboxylic acids is 3. The monoisotopic (exact) mass is 486 g/mol. The predicted molar refractivity (Wildman–Crippen MR) is 126 cm³/mol. The number of carbonyl (C=O) groups is 3. The van der Waals surface area contributed by atoms with Crippen molar-refractivity contribution in [1.82, 2.24) is 10.2 Å². The Bertz CT molecular complexity index is 1000. The molecule has 0 aliphatic carbocycles. The molecule has 2 aliphatic heterocycles. The Balaban J connectivity index is 1.82. The molecule has 2 amide bonds. The lowest BCUT2D eigenvalue weighted by Crippen LogP contribution is -2.55. The van der Waals surface area contributed by atoms with Crippen LogP contribution in [-0.4, -0.2) is 60.3 Å². The maximum atomic E-state index is 12.7. The van der Waals surface area contributed by atoms with E-state index in [1.54, 1.807) is 23.1 Å². The van der Waals surface area contributed by atoms with Gasteiger partial charge < -0.3 is 30.2 Å². The fourth-order valence-electron chi connectivity index (χ4n) is 4.62. The molecule has 2 aliphatic rings. The second-order valence-electron chi connectivity index (χ2n) is 9.83. The number of rotatable bonds is 9. The second-order valence-corrected chi connectivity index (χ2v) is 9.83. The predicted octanol–water partition coefficient (Wildman–Crippen LogP) is 1.77. The second kappa shape index (κ2) is 11.1. The SMILES string of the molecule is CC(C)C[C@H](NC(=O)CN)C(=O)OCO[C@H]1[C@H](N2CCCC2=O)c2cc(C#N)ccc2OC1(C)C. The standard InChI is InChI=1S/C25H34N4O6/c1-15(2)10-18(28-20(30)13-27)24(32)34-14-33-23-22(29-9-5-6-21(29)31)17-11-16(12-26)7-8-19(17)35-25(23,3)4/h7-8,11,15,18,22-23H,5-6,9-10,13-14,27H2,1-4H3,(H,28,30)/t18-,22+,23-/m0/s1. The van der Waals surface area contributed by atoms with Crippen molar-refractivity contribution in [3.05, 3.63) is 29.3 Å². The summed E-state index contributed by atoms with van der Waals surface area (Å²) >= 11 is 0. The number of nitriles is 1. The van der Waals surface area contributed by atoms with E-state index in [0.717, 1.165) is 6.42 Å². The highest BCUT2D eigenvalue weighted by atomic mass is 16.7. The first-order chi connectivity index (χ1) is 16.6. The molecule has 0 saturated carbocycles. The van der Waals surface area contributed by atoms with Crippen molar-refractivity contribution in [2.24, 2.45) is 11.7 Å². The lowest BCUT2D eigenvalue weighted by Gasteiger charge is -2.47. The van der Waals surface area contributed by atoms with Gasteiger partial charge in [-0.15, -0.1) is 0 Å². The zero-order chi connectivity index (χ0) is 25.8. The van der Waals surface area contributed by atoms with Gasteiger partial charge in [-0.25, -0.2) is 4.79 Å². The third-order valence-electron chi connectivity index (χ3n) is 6.21. The third-order valence-corrected chi connectivity index (χ3v) is 6.21. The zero-order valence-corrected chi connectivity index (χ0v) is 20.7. The highest BCUT2D eigenvalue weighted by Gasteiger charge is 2.49. The fraction of sp³-hybridized carbons (Fsp3) is 0.600. The number of benzene rings is 1. The zero-order valence-electron chi connectivity index (χ0n) is 20.7. The molecular weight excluding hydrogens is 452 g/mol. The number of nitrogens with two attached hydrogens (primary N) is 1. The van der Waals surface area contributed by atoms with E-state index in [1.807, 2.05) is 27.7 Å². The van der Waals surface area contributed by atoms with Crippen LogP contribution in [0.3, 0.4) is 0 Å². The summed E-state index contributed by atoms with van der Waals surface area (Å²) < 4.78 is 17.7. The Morgan fingerprint density at radius 1 is 1.37 bits per heavy atom. The minimum atomic E-state index is -0.869. The van der Waals surface area contributed by atoms with E-state index in [0.29, 0.717) is 36.3 Å². The van der Waals surface area contributed by atoms with E-state index in [2.05, 4.69) is 11.4 Å². The van der Waals surface area contributed by atoms with Crippen LogP contribution in [-0.2, 0) is 23.9 Å². The van der Waals surface area contributed by atoms with Crippen LogP contribution >= 0.6 is 0 Å². The fourth-order valence-corrected chi connectivity index (χ4v) is 4.62. The van der Waals surface area contributed by atoms with Crippen LogP contribution in [0.25, 0.3) is 0 Å². The summed E-state index contributed by atoms with van der Waals surface area (Å²) in [6, 6.07) is 5.88. The number of nitrogens with one attached hydrogen (secondary N) is 1. The van der Waals surface area contributed by atoms with Gasteiger partial charge in [-0.1, -0.05) is 13.8 Å². The number of hydrogen-bond donors (Lipinski definition) is 2. The van der Waals surface area contributed by atoms with Gasteiger partial charge in [-0.05, 0) is 50.8 Å². The van der Waals surface area contributed by atoms with Crippen LogP contribution in [0.15, 0.2) is 18.2 Å². The van der Waals surface area contributed by atoms with Crippen molar-refractivity contribution >= 4 is 17.8 Å². The Kier molecular flexibility index (Phi) is 8.35. The molecular formula is C25H34N4O6. The molecule has 1 aromatic rings. The van der Waals surface area contributed by atoms with Gasteiger partial charge in [-0.2, -0.15) is 5.26 Å². The maximum absolute atomic E-state index is 12.7. The number of likely N-dealkylation sites (tertiary alicyclic amines) is 1. The van der Waals surface area contributed by atoms with E-state index in [4.69, 9.17) is 19.9 Å². The van der Waals surface area contributed by atoms with Crippen molar-refractivity contribution in [2.45, 2.75) is 70.7 Å². The Morgan fingerprint density at radius 2 is 2.11 bits per heavy atom. The van der Waals surface area contributed by atoms with E-state index >= 15 is 0 Å². The molecule has 3 N–H and O–H groups in total. The summed E-state index contributed by atoms with van der Waals surface area (Å²) in [6.07, 6.45) is 0.868. The highest BCUT2D eigenvalue weighted by Crippen LogP contribution is 2.45. The summed E-state index contributed by atoms with van der Waals surface area (Å²) in [5.41, 5.74) is 5.63. The first kappa shape index (κ1) is 26.4. The lowest BCUT2D eigenvalue weighted by atomic mass is 9.85. The van der Waals surface area contributed by atoms with Crippen molar-refractivity contribution in [3.63, 3.8) is 0 Å². The van der Waals surface area contributed by atoms with Crippen molar-refractivity contribution < 1.29 is 28.6 Å². The van der Waals surface area contributed by atoms with E-state index in [1.165, 1.54) is 0 Å². The lowest BCUT2D eigenvalue weighted by molar-refractivity contribution is -0.190. The smallest absolute Gasteiger partial charge is 0.330 e. The summed E-state index contributed by atoms with van der Waals surface area (Å²) in [7, 11) is 0. The van der Waals surface area contributed by atoms with Crippen molar-refractivity contribution in [1.29, 1.82) is 5.26 Å². The molecule has 0 aromatic heterocycles. The van der Waals surface area contributed by atoms with Crippen LogP contribution in [0.2, 0.25) is 0 Å². The highest BCUT2D eigenvalue weighted by molar-refractivity contribution is 5.85. The van der Waals surface area contributed by atoms with Gasteiger partial charge in [-0.3, -0.25) is 9.59 Å². The van der Waals surface area contributed by atoms with Crippen LogP contribution in [0.5, 0.6) is 5.75 Å². The van der Waals surface area contributed by atoms with Gasteiger partial charge in [0.05, 0.1) is 24.2 Å². The molecule has 0 bridgehead atoms. The molecule has 1 saturated heterocycles. The van der Waals surface area contributed by atoms with Crippen molar-refractivity contribution in [2.75, 3.05) is 19.9 Å². The number of ether oxygens (including phenoxy) is 3. The number of amides is 2. The average molecular weight is 487 g/mol. The largest absolute Gasteiger partial charge is 0.485 e. The van der Waals surface area contributed by atoms with Gasteiger partial charge in [0.1, 0.15) is 23.5 Å². The molecule has 0 unspecified atom stereocenters. The first-order valence-electron chi connectivity index (χ1n) is 11.9. The molecule has 10 nitrogen and oxygen atoms in total. The van der Waals surface area contributed by atoms with Crippen molar-refractivity contribution in [3.8, 4) is 11.8 Å². The summed E-state index contributed by atoms with van der Waals surface area (Å²) in [4.78, 5) is 38.9. The van der Waals surface area contributed by atoms with E-state index in [-0.39, 0.29) is 18.4 Å². The van der Waals surface area contributed by atoms with Gasteiger partial charge >= 0.3 is 5.97 Å². The summed E-state index contributed by atoms with van der Waals surface area (Å²) in [5, 5.41) is 12.0. The van der Waals surface area contributed by atoms with Gasteiger partial charge in [0.25, 0.3) is 0 Å². The third kappa shape index (κ3) is 6.10. The van der Waals surface area contributed by atoms with Crippen LogP contribution < -0.4 is 15.8 Å². The number of nitrogens with zero attached hydrogens (tertiary/aromatic N) is 2. The molecule has 3 rings (SSSR count). The number of esters is 1. The average Bonchev–Trinajstić information content (AvgIpc) is 3.22. The van der Waals surface area contributed by atoms with Crippen LogP contribution in [0.1, 0.15) is 64.1 Å². The minimum absolute atomic E-state index is 0.00639. The molecule has 0 radical (unpaired) electrons. The quantitative estimate of drug-likeness (QED) is 0.397. The molecule has 35 heavy (non-hydrogen) atoms. The van der Waals surface area contributed by atoms with Gasteiger partial charge in [0.15, 0.2) is 6.79 Å². The number of hydrogen-bond acceptors (Lipinski definition) is 8. The Morgan fingerprint density at radius 3 is 2.71 bits per heavy atom. The van der Waals surface area contributed by atoms with E-state index < -0.39 is 42.5 Å². The summed E-state index contributed by atoms with van der Waals surface area (Å²) in [6.45, 7) is 7.47. The molecule has 0 spiro atoms. The van der Waals surface area contributed by atoms with Crippen LogP contribution in [0, 0.1) is 17.2 Å². The molecule has 1 fully saturated rings. The normalized spacial score (nSPS) is 21.6. The van der Waals surface area contributed by atoms with E-state index in [9.17, 15) is 19.6 Å². The molecule has 1 aromatic carbocycles. The molecule has 190 valence electrons. The van der Waals surface area contributed by atoms with Crippen LogP contribution in [0.4, 0.5) is 0 Å². The molecule has 2 heterocycles. The summed E-state index contributed by atoms with van der Waals surface area (Å²) in [5.74, 6) is -0.373. The van der Waals surface area contributed by atoms with Gasteiger partial charge in [0, 0.05) is 18.5 Å². The first-order valence-corrected chi connectivity index (χ1v) is 11.9. The Labute approximate surface area is 205 Å². The minimum Gasteiger partial charge on any atom is -0.485 e. The van der Waals surface area contributed by atoms with Gasteiger partial charge in [0.2, 0.25) is 11.8 Å². The Hall–Kier alpha value is -3.16. The number of fused-ring (bicyclic) bond motifs is 1. The molecule has 3 atom stereocenters. The molecule has 10 heteroatoms.